The van der Waals surface area contributed by atoms with Gasteiger partial charge in [-0.25, -0.2) is 0 Å². The second-order valence-corrected chi connectivity index (χ2v) is 7.31. The molecule has 1 aromatic heterocycles. The molecule has 0 unspecified atom stereocenters. The van der Waals surface area contributed by atoms with Gasteiger partial charge < -0.3 is 20.1 Å². The molecule has 1 fully saturated rings. The molecule has 2 aliphatic rings. The van der Waals surface area contributed by atoms with Crippen LogP contribution >= 0.6 is 11.3 Å². The summed E-state index contributed by atoms with van der Waals surface area (Å²) in [5, 5.41) is 6.53. The monoisotopic (exact) mass is 358 g/mol. The predicted octanol–water partition coefficient (Wildman–Crippen LogP) is 3.06. The molecule has 0 saturated heterocycles. The van der Waals surface area contributed by atoms with Crippen LogP contribution in [0.25, 0.3) is 0 Å². The van der Waals surface area contributed by atoms with E-state index in [1.807, 2.05) is 31.2 Å². The second-order valence-electron chi connectivity index (χ2n) is 6.26. The van der Waals surface area contributed by atoms with E-state index in [1.165, 1.54) is 11.3 Å². The highest BCUT2D eigenvalue weighted by atomic mass is 32.1. The summed E-state index contributed by atoms with van der Waals surface area (Å²) in [6.07, 6.45) is 1.91. The Morgan fingerprint density at radius 2 is 2.00 bits per heavy atom. The first-order valence-corrected chi connectivity index (χ1v) is 9.00. The molecule has 25 heavy (non-hydrogen) atoms. The molecule has 1 aromatic carbocycles. The van der Waals surface area contributed by atoms with Gasteiger partial charge in [0.15, 0.2) is 11.5 Å². The molecule has 1 saturated carbocycles. The van der Waals surface area contributed by atoms with Gasteiger partial charge in [-0.2, -0.15) is 0 Å². The lowest BCUT2D eigenvalue weighted by molar-refractivity contribution is -0.117. The van der Waals surface area contributed by atoms with Crippen LogP contribution in [-0.2, 0) is 11.3 Å². The van der Waals surface area contributed by atoms with Gasteiger partial charge in [0.2, 0.25) is 12.7 Å². The van der Waals surface area contributed by atoms with Crippen molar-refractivity contribution in [1.29, 1.82) is 0 Å². The zero-order valence-electron chi connectivity index (χ0n) is 13.8. The number of thiophene rings is 1. The van der Waals surface area contributed by atoms with Gasteiger partial charge in [0.05, 0.1) is 9.88 Å². The average Bonchev–Trinajstić information content (AvgIpc) is 3.24. The summed E-state index contributed by atoms with van der Waals surface area (Å²) in [5.74, 6) is 1.47. The van der Waals surface area contributed by atoms with Gasteiger partial charge >= 0.3 is 0 Å². The highest BCUT2D eigenvalue weighted by molar-refractivity contribution is 7.18. The van der Waals surface area contributed by atoms with E-state index in [0.717, 1.165) is 34.7 Å². The fourth-order valence-electron chi connectivity index (χ4n) is 2.65. The van der Waals surface area contributed by atoms with Gasteiger partial charge in [0, 0.05) is 12.5 Å². The van der Waals surface area contributed by atoms with E-state index < -0.39 is 0 Å². The molecule has 0 atom stereocenters. The van der Waals surface area contributed by atoms with Crippen LogP contribution in [0.5, 0.6) is 11.5 Å². The topological polar surface area (TPSA) is 76.7 Å². The first-order valence-electron chi connectivity index (χ1n) is 8.18. The van der Waals surface area contributed by atoms with Crippen LogP contribution in [0, 0.1) is 12.8 Å². The SMILES string of the molecule is Cc1cc(NC(=O)C2CC2)sc1C(=O)NCc1ccc2c(c1)OCO2. The van der Waals surface area contributed by atoms with Crippen LogP contribution in [0.3, 0.4) is 0 Å². The van der Waals surface area contributed by atoms with E-state index in [1.54, 1.807) is 0 Å². The molecule has 4 rings (SSSR count). The average molecular weight is 358 g/mol. The van der Waals surface area contributed by atoms with E-state index >= 15 is 0 Å². The molecule has 0 bridgehead atoms. The molecule has 0 spiro atoms. The van der Waals surface area contributed by atoms with Gasteiger partial charge in [0.1, 0.15) is 0 Å². The summed E-state index contributed by atoms with van der Waals surface area (Å²) < 4.78 is 10.6. The van der Waals surface area contributed by atoms with Crippen LogP contribution in [-0.4, -0.2) is 18.6 Å². The maximum absolute atomic E-state index is 12.4. The number of carbonyl (C=O) groups excluding carboxylic acids is 2. The number of aryl methyl sites for hydroxylation is 1. The number of ether oxygens (including phenoxy) is 2. The molecule has 2 aromatic rings. The number of hydrogen-bond acceptors (Lipinski definition) is 5. The Morgan fingerprint density at radius 1 is 1.20 bits per heavy atom. The molecular formula is C18H18N2O4S. The lowest BCUT2D eigenvalue weighted by Crippen LogP contribution is -2.22. The summed E-state index contributed by atoms with van der Waals surface area (Å²) >= 11 is 1.31. The van der Waals surface area contributed by atoms with Crippen molar-refractivity contribution in [2.75, 3.05) is 12.1 Å². The maximum Gasteiger partial charge on any atom is 0.261 e. The number of benzene rings is 1. The molecule has 2 amide bonds. The number of amides is 2. The lowest BCUT2D eigenvalue weighted by Gasteiger charge is -2.06. The van der Waals surface area contributed by atoms with Crippen molar-refractivity contribution in [3.63, 3.8) is 0 Å². The van der Waals surface area contributed by atoms with Crippen LogP contribution in [0.15, 0.2) is 24.3 Å². The fraction of sp³-hybridized carbons (Fsp3) is 0.333. The van der Waals surface area contributed by atoms with Crippen LogP contribution in [0.2, 0.25) is 0 Å². The molecule has 6 nitrogen and oxygen atoms in total. The highest BCUT2D eigenvalue weighted by Gasteiger charge is 2.30. The summed E-state index contributed by atoms with van der Waals surface area (Å²) in [7, 11) is 0. The third-order valence-electron chi connectivity index (χ3n) is 4.21. The fourth-order valence-corrected chi connectivity index (χ4v) is 3.64. The minimum absolute atomic E-state index is 0.0496. The number of carbonyl (C=O) groups is 2. The number of hydrogen-bond donors (Lipinski definition) is 2. The zero-order chi connectivity index (χ0) is 17.4. The van der Waals surface area contributed by atoms with Crippen LogP contribution < -0.4 is 20.1 Å². The van der Waals surface area contributed by atoms with Crippen molar-refractivity contribution >= 4 is 28.2 Å². The Hall–Kier alpha value is -2.54. The summed E-state index contributed by atoms with van der Waals surface area (Å²) in [5.41, 5.74) is 1.80. The Kier molecular flexibility index (Phi) is 4.09. The largest absolute Gasteiger partial charge is 0.454 e. The summed E-state index contributed by atoms with van der Waals surface area (Å²) in [4.78, 5) is 24.9. The Labute approximate surface area is 149 Å². The Morgan fingerprint density at radius 3 is 2.80 bits per heavy atom. The molecule has 1 aliphatic carbocycles. The van der Waals surface area contributed by atoms with Crippen molar-refractivity contribution in [3.8, 4) is 11.5 Å². The minimum atomic E-state index is -0.146. The molecule has 7 heteroatoms. The van der Waals surface area contributed by atoms with Crippen molar-refractivity contribution in [1.82, 2.24) is 5.32 Å². The number of anilines is 1. The maximum atomic E-state index is 12.4. The number of fused-ring (bicyclic) bond motifs is 1. The smallest absolute Gasteiger partial charge is 0.261 e. The molecule has 2 heterocycles. The van der Waals surface area contributed by atoms with Gasteiger partial charge in [0.25, 0.3) is 5.91 Å². The van der Waals surface area contributed by atoms with Crippen molar-refractivity contribution in [3.05, 3.63) is 40.3 Å². The lowest BCUT2D eigenvalue weighted by atomic mass is 10.2. The molecule has 0 radical (unpaired) electrons. The number of rotatable bonds is 5. The second kappa shape index (κ2) is 6.40. The van der Waals surface area contributed by atoms with Crippen LogP contribution in [0.4, 0.5) is 5.00 Å². The molecule has 130 valence electrons. The van der Waals surface area contributed by atoms with E-state index in [2.05, 4.69) is 10.6 Å². The normalized spacial score (nSPS) is 15.1. The quantitative estimate of drug-likeness (QED) is 0.861. The Bertz CT molecular complexity index is 842. The predicted molar refractivity (Wildman–Crippen MR) is 94.1 cm³/mol. The van der Waals surface area contributed by atoms with Gasteiger partial charge in [-0.15, -0.1) is 11.3 Å². The summed E-state index contributed by atoms with van der Waals surface area (Å²) in [6, 6.07) is 7.45. The minimum Gasteiger partial charge on any atom is -0.454 e. The molecule has 1 aliphatic heterocycles. The van der Waals surface area contributed by atoms with Crippen molar-refractivity contribution in [2.24, 2.45) is 5.92 Å². The molecule has 2 N–H and O–H groups in total. The zero-order valence-corrected chi connectivity index (χ0v) is 14.6. The van der Waals surface area contributed by atoms with E-state index in [-0.39, 0.29) is 24.5 Å². The third-order valence-corrected chi connectivity index (χ3v) is 5.36. The van der Waals surface area contributed by atoms with E-state index in [4.69, 9.17) is 9.47 Å². The first-order chi connectivity index (χ1) is 12.1. The van der Waals surface area contributed by atoms with E-state index in [0.29, 0.717) is 17.2 Å². The standard InChI is InChI=1S/C18H18N2O4S/c1-10-6-15(20-17(21)12-3-4-12)25-16(10)18(22)19-8-11-2-5-13-14(7-11)24-9-23-13/h2,5-7,12H,3-4,8-9H2,1H3,(H,19,22)(H,20,21). The number of nitrogens with one attached hydrogen (secondary N) is 2. The highest BCUT2D eigenvalue weighted by Crippen LogP contribution is 2.34. The summed E-state index contributed by atoms with van der Waals surface area (Å²) in [6.45, 7) is 2.50. The van der Waals surface area contributed by atoms with Crippen molar-refractivity contribution < 1.29 is 19.1 Å². The third kappa shape index (κ3) is 3.46. The Balaban J connectivity index is 1.39. The first kappa shape index (κ1) is 16.0. The van der Waals surface area contributed by atoms with Crippen molar-refractivity contribution in [2.45, 2.75) is 26.3 Å². The molecular weight excluding hydrogens is 340 g/mol. The van der Waals surface area contributed by atoms with Gasteiger partial charge in [-0.3, -0.25) is 9.59 Å². The van der Waals surface area contributed by atoms with Gasteiger partial charge in [-0.1, -0.05) is 6.07 Å². The van der Waals surface area contributed by atoms with Crippen LogP contribution in [0.1, 0.15) is 33.6 Å². The van der Waals surface area contributed by atoms with E-state index in [9.17, 15) is 9.59 Å². The van der Waals surface area contributed by atoms with Gasteiger partial charge in [-0.05, 0) is 49.1 Å².